The Hall–Kier alpha value is -0.160. The highest BCUT2D eigenvalue weighted by Gasteiger charge is 2.41. The molecule has 4 nitrogen and oxygen atoms in total. The van der Waals surface area contributed by atoms with Crippen molar-refractivity contribution in [2.24, 2.45) is 5.92 Å². The lowest BCUT2D eigenvalue weighted by atomic mass is 9.85. The molecule has 0 amide bonds. The van der Waals surface area contributed by atoms with Crippen LogP contribution in [-0.2, 0) is 9.47 Å². The van der Waals surface area contributed by atoms with Gasteiger partial charge in [-0.3, -0.25) is 0 Å². The lowest BCUT2D eigenvalue weighted by molar-refractivity contribution is 0.00797. The summed E-state index contributed by atoms with van der Waals surface area (Å²) in [4.78, 5) is 0. The van der Waals surface area contributed by atoms with Gasteiger partial charge in [0.2, 0.25) is 0 Å². The van der Waals surface area contributed by atoms with Gasteiger partial charge in [0.15, 0.2) is 0 Å². The Morgan fingerprint density at radius 1 is 1.35 bits per heavy atom. The lowest BCUT2D eigenvalue weighted by Crippen LogP contribution is -2.52. The summed E-state index contributed by atoms with van der Waals surface area (Å²) in [5.41, 5.74) is -0.0524. The van der Waals surface area contributed by atoms with E-state index < -0.39 is 0 Å². The normalized spacial score (nSPS) is 33.9. The number of aliphatic hydroxyl groups excluding tert-OH is 1. The van der Waals surface area contributed by atoms with Crippen LogP contribution < -0.4 is 5.32 Å². The molecular formula is C16H31NO3. The molecule has 1 saturated heterocycles. The molecule has 0 spiro atoms. The molecule has 3 unspecified atom stereocenters. The Kier molecular flexibility index (Phi) is 6.75. The quantitative estimate of drug-likeness (QED) is 0.637. The molecule has 3 atom stereocenters. The van der Waals surface area contributed by atoms with Gasteiger partial charge in [-0.25, -0.2) is 0 Å². The second kappa shape index (κ2) is 8.32. The highest BCUT2D eigenvalue weighted by molar-refractivity contribution is 4.98. The first kappa shape index (κ1) is 16.2. The van der Waals surface area contributed by atoms with Crippen LogP contribution in [0.1, 0.15) is 51.9 Å². The number of hydrogen-bond acceptors (Lipinski definition) is 4. The van der Waals surface area contributed by atoms with E-state index in [1.54, 1.807) is 0 Å². The number of nitrogens with one attached hydrogen (secondary N) is 1. The van der Waals surface area contributed by atoms with Crippen molar-refractivity contribution in [3.05, 3.63) is 0 Å². The first-order valence-electron chi connectivity index (χ1n) is 8.36. The van der Waals surface area contributed by atoms with Crippen molar-refractivity contribution in [1.82, 2.24) is 5.32 Å². The fourth-order valence-corrected chi connectivity index (χ4v) is 3.65. The smallest absolute Gasteiger partial charge is 0.0809 e. The molecule has 20 heavy (non-hydrogen) atoms. The van der Waals surface area contributed by atoms with Crippen LogP contribution in [0.2, 0.25) is 0 Å². The topological polar surface area (TPSA) is 50.7 Å². The molecule has 2 fully saturated rings. The summed E-state index contributed by atoms with van der Waals surface area (Å²) in [6, 6.07) is 0. The van der Waals surface area contributed by atoms with Crippen LogP contribution in [0.5, 0.6) is 0 Å². The molecule has 0 aromatic carbocycles. The Labute approximate surface area is 123 Å². The molecule has 1 aliphatic carbocycles. The van der Waals surface area contributed by atoms with Crippen molar-refractivity contribution in [1.29, 1.82) is 0 Å². The highest BCUT2D eigenvalue weighted by Crippen LogP contribution is 2.37. The van der Waals surface area contributed by atoms with E-state index in [0.29, 0.717) is 12.0 Å². The molecule has 1 aliphatic heterocycles. The second-order valence-corrected chi connectivity index (χ2v) is 6.33. The Morgan fingerprint density at radius 2 is 2.25 bits per heavy atom. The molecule has 118 valence electrons. The van der Waals surface area contributed by atoms with Gasteiger partial charge in [0.05, 0.1) is 19.3 Å². The maximum absolute atomic E-state index is 9.82. The molecular weight excluding hydrogens is 254 g/mol. The zero-order chi connectivity index (χ0) is 14.3. The van der Waals surface area contributed by atoms with Crippen LogP contribution in [0.4, 0.5) is 0 Å². The molecule has 1 saturated carbocycles. The van der Waals surface area contributed by atoms with Crippen LogP contribution >= 0.6 is 0 Å². The van der Waals surface area contributed by atoms with E-state index in [4.69, 9.17) is 9.47 Å². The van der Waals surface area contributed by atoms with E-state index in [1.807, 2.05) is 0 Å². The van der Waals surface area contributed by atoms with Gasteiger partial charge in [-0.15, -0.1) is 0 Å². The van der Waals surface area contributed by atoms with E-state index in [-0.39, 0.29) is 12.1 Å². The van der Waals surface area contributed by atoms with Gasteiger partial charge in [0, 0.05) is 18.8 Å². The molecule has 0 aromatic rings. The van der Waals surface area contributed by atoms with Crippen LogP contribution in [-0.4, -0.2) is 49.7 Å². The number of hydrogen-bond donors (Lipinski definition) is 2. The monoisotopic (exact) mass is 285 g/mol. The van der Waals surface area contributed by atoms with Gasteiger partial charge in [0.1, 0.15) is 0 Å². The fourth-order valence-electron chi connectivity index (χ4n) is 3.65. The zero-order valence-electron chi connectivity index (χ0n) is 12.9. The van der Waals surface area contributed by atoms with E-state index in [0.717, 1.165) is 52.0 Å². The third-order valence-electron chi connectivity index (χ3n) is 4.90. The van der Waals surface area contributed by atoms with Crippen molar-refractivity contribution in [3.8, 4) is 0 Å². The SMILES string of the molecule is CCCNC1(CO)CCCC1CCOCC1CCCO1. The highest BCUT2D eigenvalue weighted by atomic mass is 16.5. The number of ether oxygens (including phenoxy) is 2. The van der Waals surface area contributed by atoms with Crippen molar-refractivity contribution in [2.75, 3.05) is 33.0 Å². The Morgan fingerprint density at radius 3 is 2.95 bits per heavy atom. The summed E-state index contributed by atoms with van der Waals surface area (Å²) >= 11 is 0. The minimum atomic E-state index is -0.0524. The predicted octanol–water partition coefficient (Wildman–Crippen LogP) is 2.10. The molecule has 0 bridgehead atoms. The second-order valence-electron chi connectivity index (χ2n) is 6.33. The van der Waals surface area contributed by atoms with Crippen molar-refractivity contribution in [3.63, 3.8) is 0 Å². The maximum Gasteiger partial charge on any atom is 0.0809 e. The summed E-state index contributed by atoms with van der Waals surface area (Å²) in [5.74, 6) is 0.545. The maximum atomic E-state index is 9.82. The van der Waals surface area contributed by atoms with E-state index >= 15 is 0 Å². The summed E-state index contributed by atoms with van der Waals surface area (Å²) in [6.07, 6.45) is 8.31. The van der Waals surface area contributed by atoms with Gasteiger partial charge in [-0.05, 0) is 51.0 Å². The third-order valence-corrected chi connectivity index (χ3v) is 4.90. The summed E-state index contributed by atoms with van der Waals surface area (Å²) in [7, 11) is 0. The molecule has 2 aliphatic rings. The minimum absolute atomic E-state index is 0.0524. The Balaban J connectivity index is 1.69. The molecule has 4 heteroatoms. The minimum Gasteiger partial charge on any atom is -0.394 e. The molecule has 1 heterocycles. The van der Waals surface area contributed by atoms with Crippen molar-refractivity contribution in [2.45, 2.75) is 63.5 Å². The first-order valence-corrected chi connectivity index (χ1v) is 8.36. The fraction of sp³-hybridized carbons (Fsp3) is 1.00. The van der Waals surface area contributed by atoms with Crippen LogP contribution in [0.25, 0.3) is 0 Å². The van der Waals surface area contributed by atoms with Gasteiger partial charge < -0.3 is 19.9 Å². The number of rotatable bonds is 9. The summed E-state index contributed by atoms with van der Waals surface area (Å²) in [5, 5.41) is 13.4. The van der Waals surface area contributed by atoms with E-state index in [1.165, 1.54) is 19.3 Å². The molecule has 0 aromatic heterocycles. The van der Waals surface area contributed by atoms with Gasteiger partial charge in [-0.1, -0.05) is 13.3 Å². The zero-order valence-corrected chi connectivity index (χ0v) is 12.9. The van der Waals surface area contributed by atoms with Crippen molar-refractivity contribution >= 4 is 0 Å². The average Bonchev–Trinajstić information content (AvgIpc) is 3.11. The predicted molar refractivity (Wildman–Crippen MR) is 79.9 cm³/mol. The molecule has 2 rings (SSSR count). The first-order chi connectivity index (χ1) is 9.80. The largest absolute Gasteiger partial charge is 0.394 e. The molecule has 0 radical (unpaired) electrons. The van der Waals surface area contributed by atoms with Gasteiger partial charge in [0.25, 0.3) is 0 Å². The van der Waals surface area contributed by atoms with Gasteiger partial charge in [-0.2, -0.15) is 0 Å². The van der Waals surface area contributed by atoms with Crippen LogP contribution in [0, 0.1) is 5.92 Å². The van der Waals surface area contributed by atoms with Crippen LogP contribution in [0.15, 0.2) is 0 Å². The Bertz CT molecular complexity index is 268. The van der Waals surface area contributed by atoms with Crippen molar-refractivity contribution < 1.29 is 14.6 Å². The summed E-state index contributed by atoms with van der Waals surface area (Å²) in [6.45, 7) is 5.84. The standard InChI is InChI=1S/C16H31NO3/c1-2-9-17-16(13-18)8-3-5-14(16)7-11-19-12-15-6-4-10-20-15/h14-15,17-18H,2-13H2,1H3. The van der Waals surface area contributed by atoms with E-state index in [9.17, 15) is 5.11 Å². The molecule has 2 N–H and O–H groups in total. The van der Waals surface area contributed by atoms with Gasteiger partial charge >= 0.3 is 0 Å². The lowest BCUT2D eigenvalue weighted by Gasteiger charge is -2.35. The third kappa shape index (κ3) is 4.17. The average molecular weight is 285 g/mol. The van der Waals surface area contributed by atoms with E-state index in [2.05, 4.69) is 12.2 Å². The summed E-state index contributed by atoms with van der Waals surface area (Å²) < 4.78 is 11.4. The van der Waals surface area contributed by atoms with Crippen LogP contribution in [0.3, 0.4) is 0 Å². The number of aliphatic hydroxyl groups is 1.